The van der Waals surface area contributed by atoms with Crippen molar-refractivity contribution in [1.82, 2.24) is 9.80 Å². The van der Waals surface area contributed by atoms with Crippen LogP contribution in [0.25, 0.3) is 10.8 Å². The Hall–Kier alpha value is -3.05. The number of amides is 1. The van der Waals surface area contributed by atoms with E-state index in [1.807, 2.05) is 59.5 Å². The standard InChI is InChI=1S/C29H31FN2O2/c1-20(33)28-19-32(29(34)27-8-4-6-23-5-2-3-7-26(23)27)18-24(28)17-31-15-13-22(14-16-31)21-9-11-25(30)12-10-21/h2-12,22,24,28H,13-19H2,1H3. The summed E-state index contributed by atoms with van der Waals surface area (Å²) in [6.07, 6.45) is 2.06. The highest BCUT2D eigenvalue weighted by atomic mass is 19.1. The molecule has 176 valence electrons. The van der Waals surface area contributed by atoms with Crippen LogP contribution in [0.1, 0.15) is 41.6 Å². The average Bonchev–Trinajstić information content (AvgIpc) is 3.28. The second-order valence-electron chi connectivity index (χ2n) is 9.84. The van der Waals surface area contributed by atoms with Crippen molar-refractivity contribution in [2.45, 2.75) is 25.7 Å². The third-order valence-electron chi connectivity index (χ3n) is 7.69. The number of ketones is 1. The van der Waals surface area contributed by atoms with Crippen LogP contribution in [0.5, 0.6) is 0 Å². The highest BCUT2D eigenvalue weighted by Gasteiger charge is 2.39. The fraction of sp³-hybridized carbons (Fsp3) is 0.379. The van der Waals surface area contributed by atoms with Gasteiger partial charge in [-0.05, 0) is 73.3 Å². The SMILES string of the molecule is CC(=O)C1CN(C(=O)c2cccc3ccccc23)CC1CN1CCC(c2ccc(F)cc2)CC1. The monoisotopic (exact) mass is 458 g/mol. The maximum absolute atomic E-state index is 13.5. The predicted octanol–water partition coefficient (Wildman–Crippen LogP) is 5.14. The van der Waals surface area contributed by atoms with Gasteiger partial charge in [0.05, 0.1) is 0 Å². The van der Waals surface area contributed by atoms with E-state index in [1.54, 1.807) is 19.1 Å². The summed E-state index contributed by atoms with van der Waals surface area (Å²) in [6, 6.07) is 20.7. The van der Waals surface area contributed by atoms with Gasteiger partial charge in [-0.3, -0.25) is 9.59 Å². The minimum absolute atomic E-state index is 0.0144. The first kappa shape index (κ1) is 22.7. The maximum atomic E-state index is 13.5. The number of benzene rings is 3. The first-order valence-electron chi connectivity index (χ1n) is 12.2. The molecule has 0 aliphatic carbocycles. The first-order chi connectivity index (χ1) is 16.5. The van der Waals surface area contributed by atoms with Crippen LogP contribution in [0, 0.1) is 17.7 Å². The lowest BCUT2D eigenvalue weighted by Gasteiger charge is -2.34. The smallest absolute Gasteiger partial charge is 0.254 e. The predicted molar refractivity (Wildman–Crippen MR) is 132 cm³/mol. The van der Waals surface area contributed by atoms with Crippen molar-refractivity contribution < 1.29 is 14.0 Å². The molecule has 5 rings (SSSR count). The molecule has 0 aromatic heterocycles. The van der Waals surface area contributed by atoms with Gasteiger partial charge in [0.25, 0.3) is 5.91 Å². The Labute approximate surface area is 200 Å². The molecular formula is C29H31FN2O2. The molecule has 5 heteroatoms. The van der Waals surface area contributed by atoms with Gasteiger partial charge in [0, 0.05) is 37.0 Å². The highest BCUT2D eigenvalue weighted by Crippen LogP contribution is 2.32. The summed E-state index contributed by atoms with van der Waals surface area (Å²) in [7, 11) is 0. The topological polar surface area (TPSA) is 40.6 Å². The number of hydrogen-bond acceptors (Lipinski definition) is 3. The van der Waals surface area contributed by atoms with Gasteiger partial charge in [-0.15, -0.1) is 0 Å². The van der Waals surface area contributed by atoms with Gasteiger partial charge in [-0.25, -0.2) is 4.39 Å². The van der Waals surface area contributed by atoms with Crippen LogP contribution < -0.4 is 0 Å². The number of halogens is 1. The molecular weight excluding hydrogens is 427 g/mol. The summed E-state index contributed by atoms with van der Waals surface area (Å²) in [5.74, 6) is 0.473. The van der Waals surface area contributed by atoms with E-state index in [2.05, 4.69) is 4.90 Å². The van der Waals surface area contributed by atoms with Crippen molar-refractivity contribution in [3.8, 4) is 0 Å². The van der Waals surface area contributed by atoms with Crippen LogP contribution in [-0.4, -0.2) is 54.2 Å². The fourth-order valence-corrected chi connectivity index (χ4v) is 5.78. The molecule has 2 atom stereocenters. The minimum Gasteiger partial charge on any atom is -0.338 e. The average molecular weight is 459 g/mol. The fourth-order valence-electron chi connectivity index (χ4n) is 5.78. The molecule has 3 aromatic rings. The van der Waals surface area contributed by atoms with Crippen molar-refractivity contribution >= 4 is 22.5 Å². The lowest BCUT2D eigenvalue weighted by Crippen LogP contribution is -2.39. The zero-order chi connectivity index (χ0) is 23.7. The van der Waals surface area contributed by atoms with E-state index >= 15 is 0 Å². The second-order valence-corrected chi connectivity index (χ2v) is 9.84. The van der Waals surface area contributed by atoms with E-state index in [4.69, 9.17) is 0 Å². The molecule has 0 bridgehead atoms. The second kappa shape index (κ2) is 9.67. The number of nitrogens with zero attached hydrogens (tertiary/aromatic N) is 2. The molecule has 0 N–H and O–H groups in total. The molecule has 4 nitrogen and oxygen atoms in total. The Morgan fingerprint density at radius 3 is 2.35 bits per heavy atom. The van der Waals surface area contributed by atoms with Crippen molar-refractivity contribution in [2.75, 3.05) is 32.7 Å². The minimum atomic E-state index is -0.194. The van der Waals surface area contributed by atoms with Gasteiger partial charge < -0.3 is 9.80 Å². The van der Waals surface area contributed by atoms with Gasteiger partial charge in [0.15, 0.2) is 0 Å². The number of fused-ring (bicyclic) bond motifs is 1. The summed E-state index contributed by atoms with van der Waals surface area (Å²) in [4.78, 5) is 30.3. The van der Waals surface area contributed by atoms with Crippen LogP contribution in [0.2, 0.25) is 0 Å². The number of carbonyl (C=O) groups excluding carboxylic acids is 2. The normalized spacial score (nSPS) is 21.8. The molecule has 2 unspecified atom stereocenters. The molecule has 3 aromatic carbocycles. The number of carbonyl (C=O) groups is 2. The van der Waals surface area contributed by atoms with Crippen molar-refractivity contribution in [3.05, 3.63) is 83.7 Å². The Morgan fingerprint density at radius 1 is 0.912 bits per heavy atom. The highest BCUT2D eigenvalue weighted by molar-refractivity contribution is 6.07. The molecule has 2 aliphatic heterocycles. The van der Waals surface area contributed by atoms with E-state index in [0.29, 0.717) is 24.6 Å². The van der Waals surface area contributed by atoms with Gasteiger partial charge in [-0.2, -0.15) is 0 Å². The molecule has 2 heterocycles. The number of hydrogen-bond donors (Lipinski definition) is 0. The third-order valence-corrected chi connectivity index (χ3v) is 7.69. The van der Waals surface area contributed by atoms with Gasteiger partial charge >= 0.3 is 0 Å². The number of likely N-dealkylation sites (tertiary alicyclic amines) is 2. The maximum Gasteiger partial charge on any atom is 0.254 e. The third kappa shape index (κ3) is 4.62. The van der Waals surface area contributed by atoms with E-state index in [-0.39, 0.29) is 29.3 Å². The summed E-state index contributed by atoms with van der Waals surface area (Å²) in [5.41, 5.74) is 1.91. The van der Waals surface area contributed by atoms with E-state index < -0.39 is 0 Å². The molecule has 2 fully saturated rings. The van der Waals surface area contributed by atoms with E-state index in [9.17, 15) is 14.0 Å². The Balaban J connectivity index is 1.25. The molecule has 0 spiro atoms. The summed E-state index contributed by atoms with van der Waals surface area (Å²) < 4.78 is 13.3. The Bertz CT molecular complexity index is 1180. The van der Waals surface area contributed by atoms with E-state index in [0.717, 1.165) is 43.2 Å². The largest absolute Gasteiger partial charge is 0.338 e. The lowest BCUT2D eigenvalue weighted by atomic mass is 9.87. The first-order valence-corrected chi connectivity index (χ1v) is 12.2. The summed E-state index contributed by atoms with van der Waals surface area (Å²) in [6.45, 7) is 5.52. The Kier molecular flexibility index (Phi) is 6.46. The van der Waals surface area contributed by atoms with Gasteiger partial charge in [0.2, 0.25) is 0 Å². The van der Waals surface area contributed by atoms with Gasteiger partial charge in [0.1, 0.15) is 11.6 Å². The molecule has 0 saturated carbocycles. The molecule has 2 aliphatic rings. The summed E-state index contributed by atoms with van der Waals surface area (Å²) >= 11 is 0. The lowest BCUT2D eigenvalue weighted by molar-refractivity contribution is -0.121. The zero-order valence-corrected chi connectivity index (χ0v) is 19.6. The van der Waals surface area contributed by atoms with Crippen molar-refractivity contribution in [2.24, 2.45) is 11.8 Å². The zero-order valence-electron chi connectivity index (χ0n) is 19.6. The van der Waals surface area contributed by atoms with Crippen molar-refractivity contribution in [1.29, 1.82) is 0 Å². The van der Waals surface area contributed by atoms with E-state index in [1.165, 1.54) is 5.56 Å². The number of Topliss-reactive ketones (excluding diaryl/α,β-unsaturated/α-hetero) is 1. The molecule has 2 saturated heterocycles. The van der Waals surface area contributed by atoms with Crippen LogP contribution >= 0.6 is 0 Å². The quantitative estimate of drug-likeness (QED) is 0.532. The van der Waals surface area contributed by atoms with Crippen molar-refractivity contribution in [3.63, 3.8) is 0 Å². The van der Waals surface area contributed by atoms with Crippen LogP contribution in [-0.2, 0) is 4.79 Å². The Morgan fingerprint density at radius 2 is 1.62 bits per heavy atom. The van der Waals surface area contributed by atoms with Gasteiger partial charge in [-0.1, -0.05) is 48.5 Å². The number of piperidine rings is 1. The molecule has 34 heavy (non-hydrogen) atoms. The van der Waals surface area contributed by atoms with Crippen LogP contribution in [0.15, 0.2) is 66.7 Å². The van der Waals surface area contributed by atoms with Crippen LogP contribution in [0.4, 0.5) is 4.39 Å². The molecule has 1 amide bonds. The molecule has 0 radical (unpaired) electrons. The number of rotatable bonds is 5. The van der Waals surface area contributed by atoms with Crippen LogP contribution in [0.3, 0.4) is 0 Å². The summed E-state index contributed by atoms with van der Waals surface area (Å²) in [5, 5.41) is 2.01.